The molecule has 0 atom stereocenters. The summed E-state index contributed by atoms with van der Waals surface area (Å²) in [6.07, 6.45) is 5.34. The molecule has 1 aromatic carbocycles. The van der Waals surface area contributed by atoms with Crippen molar-refractivity contribution in [1.82, 2.24) is 4.98 Å². The van der Waals surface area contributed by atoms with Gasteiger partial charge in [-0.1, -0.05) is 0 Å². The number of aliphatic carboxylic acids is 1. The Morgan fingerprint density at radius 1 is 1.30 bits per heavy atom. The molecule has 20 heavy (non-hydrogen) atoms. The van der Waals surface area contributed by atoms with Crippen LogP contribution in [0.4, 0.5) is 4.39 Å². The molecule has 0 aliphatic rings. The quantitative estimate of drug-likeness (QED) is 0.860. The van der Waals surface area contributed by atoms with Gasteiger partial charge in [-0.25, -0.2) is 9.18 Å². The zero-order valence-corrected chi connectivity index (χ0v) is 11.7. The van der Waals surface area contributed by atoms with Crippen LogP contribution < -0.4 is 4.74 Å². The van der Waals surface area contributed by atoms with Gasteiger partial charge in [0, 0.05) is 18.3 Å². The molecule has 0 fully saturated rings. The SMILES string of the molecule is O=C(O)/C=C/c1cncc(Oc2ccc(Br)c(F)c2)c1. The van der Waals surface area contributed by atoms with Crippen LogP contribution in [0.1, 0.15) is 5.56 Å². The average molecular weight is 338 g/mol. The van der Waals surface area contributed by atoms with Crippen molar-refractivity contribution in [1.29, 1.82) is 0 Å². The molecular formula is C14H9BrFNO3. The first-order valence-electron chi connectivity index (χ1n) is 5.53. The molecule has 1 aromatic heterocycles. The Balaban J connectivity index is 2.19. The lowest BCUT2D eigenvalue weighted by Gasteiger charge is -2.06. The van der Waals surface area contributed by atoms with E-state index < -0.39 is 11.8 Å². The lowest BCUT2D eigenvalue weighted by atomic mass is 10.2. The molecule has 0 unspecified atom stereocenters. The third-order valence-corrected chi connectivity index (χ3v) is 2.92. The molecule has 1 N–H and O–H groups in total. The number of aromatic nitrogens is 1. The Kier molecular flexibility index (Phi) is 4.47. The molecule has 0 aliphatic carbocycles. The zero-order chi connectivity index (χ0) is 14.5. The van der Waals surface area contributed by atoms with Crippen molar-refractivity contribution in [3.05, 3.63) is 58.6 Å². The topological polar surface area (TPSA) is 59.4 Å². The van der Waals surface area contributed by atoms with Crippen molar-refractivity contribution < 1.29 is 19.0 Å². The Morgan fingerprint density at radius 3 is 2.80 bits per heavy atom. The van der Waals surface area contributed by atoms with Crippen LogP contribution >= 0.6 is 15.9 Å². The van der Waals surface area contributed by atoms with E-state index in [0.717, 1.165) is 6.08 Å². The number of hydrogen-bond acceptors (Lipinski definition) is 3. The number of benzene rings is 1. The van der Waals surface area contributed by atoms with E-state index >= 15 is 0 Å². The van der Waals surface area contributed by atoms with Gasteiger partial charge in [-0.05, 0) is 45.8 Å². The zero-order valence-electron chi connectivity index (χ0n) is 10.1. The Bertz CT molecular complexity index is 673. The van der Waals surface area contributed by atoms with E-state index in [-0.39, 0.29) is 0 Å². The van der Waals surface area contributed by atoms with E-state index in [1.165, 1.54) is 30.6 Å². The lowest BCUT2D eigenvalue weighted by Crippen LogP contribution is -1.89. The number of carboxylic acid groups (broad SMARTS) is 1. The molecule has 0 spiro atoms. The molecule has 0 amide bonds. The molecule has 0 radical (unpaired) electrons. The van der Waals surface area contributed by atoms with Crippen LogP contribution in [0.2, 0.25) is 0 Å². The number of nitrogens with zero attached hydrogens (tertiary/aromatic N) is 1. The van der Waals surface area contributed by atoms with E-state index in [0.29, 0.717) is 21.5 Å². The van der Waals surface area contributed by atoms with Crippen LogP contribution in [-0.2, 0) is 4.79 Å². The van der Waals surface area contributed by atoms with E-state index in [2.05, 4.69) is 20.9 Å². The molecule has 102 valence electrons. The van der Waals surface area contributed by atoms with Gasteiger partial charge < -0.3 is 9.84 Å². The second kappa shape index (κ2) is 6.29. The van der Waals surface area contributed by atoms with Gasteiger partial charge in [0.1, 0.15) is 17.3 Å². The first-order chi connectivity index (χ1) is 9.54. The molecule has 0 bridgehead atoms. The lowest BCUT2D eigenvalue weighted by molar-refractivity contribution is -0.131. The maximum Gasteiger partial charge on any atom is 0.328 e. The summed E-state index contributed by atoms with van der Waals surface area (Å²) in [6, 6.07) is 5.98. The number of carbonyl (C=O) groups is 1. The Labute approximate surface area is 122 Å². The minimum absolute atomic E-state index is 0.326. The van der Waals surface area contributed by atoms with Gasteiger partial charge in [0.15, 0.2) is 0 Å². The highest BCUT2D eigenvalue weighted by Gasteiger charge is 2.03. The summed E-state index contributed by atoms with van der Waals surface area (Å²) >= 11 is 3.05. The monoisotopic (exact) mass is 337 g/mol. The fourth-order valence-electron chi connectivity index (χ4n) is 1.43. The summed E-state index contributed by atoms with van der Waals surface area (Å²) in [5.74, 6) is -0.769. The molecule has 0 saturated carbocycles. The molecule has 6 heteroatoms. The first-order valence-corrected chi connectivity index (χ1v) is 6.33. The number of hydrogen-bond donors (Lipinski definition) is 1. The van der Waals surface area contributed by atoms with Gasteiger partial charge in [-0.2, -0.15) is 0 Å². The maximum atomic E-state index is 13.4. The predicted octanol–water partition coefficient (Wildman–Crippen LogP) is 3.87. The second-order valence-electron chi connectivity index (χ2n) is 3.80. The van der Waals surface area contributed by atoms with Gasteiger partial charge in [-0.3, -0.25) is 4.98 Å². The van der Waals surface area contributed by atoms with Crippen molar-refractivity contribution in [2.75, 3.05) is 0 Å². The van der Waals surface area contributed by atoms with Crippen LogP contribution in [0, 0.1) is 5.82 Å². The fourth-order valence-corrected chi connectivity index (χ4v) is 1.67. The smallest absolute Gasteiger partial charge is 0.328 e. The maximum absolute atomic E-state index is 13.4. The number of pyridine rings is 1. The highest BCUT2D eigenvalue weighted by Crippen LogP contribution is 2.25. The van der Waals surface area contributed by atoms with Crippen molar-refractivity contribution in [2.45, 2.75) is 0 Å². The normalized spacial score (nSPS) is 10.7. The highest BCUT2D eigenvalue weighted by atomic mass is 79.9. The molecular weight excluding hydrogens is 329 g/mol. The van der Waals surface area contributed by atoms with Gasteiger partial charge in [0.05, 0.1) is 10.7 Å². The third kappa shape index (κ3) is 3.89. The minimum Gasteiger partial charge on any atom is -0.478 e. The molecule has 4 nitrogen and oxygen atoms in total. The largest absolute Gasteiger partial charge is 0.478 e. The van der Waals surface area contributed by atoms with Crippen molar-refractivity contribution >= 4 is 28.0 Å². The Morgan fingerprint density at radius 2 is 2.10 bits per heavy atom. The van der Waals surface area contributed by atoms with Crippen LogP contribution in [0.3, 0.4) is 0 Å². The van der Waals surface area contributed by atoms with Gasteiger partial charge in [0.25, 0.3) is 0 Å². The summed E-state index contributed by atoms with van der Waals surface area (Å²) in [6.45, 7) is 0. The third-order valence-electron chi connectivity index (χ3n) is 2.28. The van der Waals surface area contributed by atoms with Gasteiger partial charge >= 0.3 is 5.97 Å². The fraction of sp³-hybridized carbons (Fsp3) is 0. The van der Waals surface area contributed by atoms with Crippen LogP contribution in [0.5, 0.6) is 11.5 Å². The summed E-state index contributed by atoms with van der Waals surface area (Å²) in [4.78, 5) is 14.4. The molecule has 0 saturated heterocycles. The Hall–Kier alpha value is -2.21. The molecule has 2 aromatic rings. The van der Waals surface area contributed by atoms with Crippen LogP contribution in [0.15, 0.2) is 47.2 Å². The number of halogens is 2. The van der Waals surface area contributed by atoms with E-state index in [1.54, 1.807) is 12.1 Å². The summed E-state index contributed by atoms with van der Waals surface area (Å²) < 4.78 is 19.2. The molecule has 0 aliphatic heterocycles. The summed E-state index contributed by atoms with van der Waals surface area (Å²) in [7, 11) is 0. The average Bonchev–Trinajstić information content (AvgIpc) is 2.41. The standard InChI is InChI=1S/C14H9BrFNO3/c15-12-3-2-10(6-13(12)16)20-11-5-9(7-17-8-11)1-4-14(18)19/h1-8H,(H,18,19)/b4-1+. The van der Waals surface area contributed by atoms with Gasteiger partial charge in [0.2, 0.25) is 0 Å². The predicted molar refractivity (Wildman–Crippen MR) is 75.1 cm³/mol. The molecule has 1 heterocycles. The first kappa shape index (κ1) is 14.2. The van der Waals surface area contributed by atoms with E-state index in [9.17, 15) is 9.18 Å². The second-order valence-corrected chi connectivity index (χ2v) is 4.66. The molecule has 2 rings (SSSR count). The van der Waals surface area contributed by atoms with Gasteiger partial charge in [-0.15, -0.1) is 0 Å². The number of carboxylic acids is 1. The summed E-state index contributed by atoms with van der Waals surface area (Å²) in [5, 5.41) is 8.55. The van der Waals surface area contributed by atoms with Crippen LogP contribution in [0.25, 0.3) is 6.08 Å². The number of rotatable bonds is 4. The highest BCUT2D eigenvalue weighted by molar-refractivity contribution is 9.10. The summed E-state index contributed by atoms with van der Waals surface area (Å²) in [5.41, 5.74) is 0.572. The van der Waals surface area contributed by atoms with Crippen LogP contribution in [-0.4, -0.2) is 16.1 Å². The van der Waals surface area contributed by atoms with E-state index in [4.69, 9.17) is 9.84 Å². The van der Waals surface area contributed by atoms with Crippen molar-refractivity contribution in [3.8, 4) is 11.5 Å². The van der Waals surface area contributed by atoms with E-state index in [1.807, 2.05) is 0 Å². The number of ether oxygens (including phenoxy) is 1. The van der Waals surface area contributed by atoms with Crippen molar-refractivity contribution in [3.63, 3.8) is 0 Å². The minimum atomic E-state index is -1.05. The van der Waals surface area contributed by atoms with Crippen molar-refractivity contribution in [2.24, 2.45) is 0 Å².